The number of hydrogen-bond donors (Lipinski definition) is 0. The number of rotatable bonds is 3. The zero-order valence-corrected chi connectivity index (χ0v) is 8.14. The topological polar surface area (TPSA) is 30.0 Å². The lowest BCUT2D eigenvalue weighted by Gasteiger charge is -1.97. The van der Waals surface area contributed by atoms with Gasteiger partial charge >= 0.3 is 0 Å². The maximum atomic E-state index is 11.6. The molecule has 2 nitrogen and oxygen atoms in total. The van der Waals surface area contributed by atoms with Crippen molar-refractivity contribution in [3.8, 4) is 0 Å². The minimum Gasteiger partial charge on any atom is -0.294 e. The second-order valence-corrected chi connectivity index (χ2v) is 4.16. The van der Waals surface area contributed by atoms with E-state index in [1.165, 1.54) is 0 Å². The maximum Gasteiger partial charge on any atom is 0.163 e. The van der Waals surface area contributed by atoms with Gasteiger partial charge in [0.05, 0.1) is 5.51 Å². The summed E-state index contributed by atoms with van der Waals surface area (Å²) in [4.78, 5) is 16.6. The van der Waals surface area contributed by atoms with Crippen LogP contribution < -0.4 is 0 Å². The zero-order valence-electron chi connectivity index (χ0n) is 7.32. The minimum absolute atomic E-state index is 0.279. The van der Waals surface area contributed by atoms with Gasteiger partial charge in [-0.25, -0.2) is 0 Å². The number of hydrogen-bond acceptors (Lipinski definition) is 3. The van der Waals surface area contributed by atoms with E-state index in [1.54, 1.807) is 23.0 Å². The predicted octanol–water partition coefficient (Wildman–Crippen LogP) is 2.37. The zero-order chi connectivity index (χ0) is 9.10. The standard InChI is InChI=1S/C10H11NOS/c12-10(8-3-1-2-4-8)5-9-6-11-7-13-9/h3,6-7H,1-2,4-5H2. The highest BCUT2D eigenvalue weighted by Gasteiger charge is 2.13. The van der Waals surface area contributed by atoms with Crippen LogP contribution in [0.25, 0.3) is 0 Å². The average Bonchev–Trinajstić information content (AvgIpc) is 2.74. The average molecular weight is 193 g/mol. The Kier molecular flexibility index (Phi) is 2.54. The molecule has 1 aliphatic rings. The van der Waals surface area contributed by atoms with Gasteiger partial charge in [0.1, 0.15) is 0 Å². The van der Waals surface area contributed by atoms with E-state index >= 15 is 0 Å². The van der Waals surface area contributed by atoms with Crippen LogP contribution in [-0.4, -0.2) is 10.8 Å². The first-order valence-electron chi connectivity index (χ1n) is 4.46. The van der Waals surface area contributed by atoms with Crippen molar-refractivity contribution < 1.29 is 4.79 Å². The van der Waals surface area contributed by atoms with Gasteiger partial charge in [-0.3, -0.25) is 9.78 Å². The summed E-state index contributed by atoms with van der Waals surface area (Å²) < 4.78 is 0. The third-order valence-electron chi connectivity index (χ3n) is 2.22. The van der Waals surface area contributed by atoms with E-state index in [2.05, 4.69) is 11.1 Å². The molecule has 0 fully saturated rings. The molecule has 68 valence electrons. The molecule has 0 radical (unpaired) electrons. The highest BCUT2D eigenvalue weighted by molar-refractivity contribution is 7.09. The van der Waals surface area contributed by atoms with E-state index in [1.807, 2.05) is 0 Å². The summed E-state index contributed by atoms with van der Waals surface area (Å²) in [6.07, 6.45) is 7.57. The van der Waals surface area contributed by atoms with Gasteiger partial charge < -0.3 is 0 Å². The molecule has 1 aromatic rings. The number of ketones is 1. The normalized spacial score (nSPS) is 15.8. The van der Waals surface area contributed by atoms with Crippen LogP contribution in [0.4, 0.5) is 0 Å². The highest BCUT2D eigenvalue weighted by atomic mass is 32.1. The fraction of sp³-hybridized carbons (Fsp3) is 0.400. The summed E-state index contributed by atoms with van der Waals surface area (Å²) in [5.41, 5.74) is 2.79. The molecule has 0 atom stereocenters. The van der Waals surface area contributed by atoms with Crippen LogP contribution in [0.5, 0.6) is 0 Å². The fourth-order valence-electron chi connectivity index (χ4n) is 1.53. The Morgan fingerprint density at radius 3 is 3.15 bits per heavy atom. The first-order valence-corrected chi connectivity index (χ1v) is 5.34. The quantitative estimate of drug-likeness (QED) is 0.737. The lowest BCUT2D eigenvalue weighted by atomic mass is 10.1. The van der Waals surface area contributed by atoms with Gasteiger partial charge in [0.2, 0.25) is 0 Å². The number of Topliss-reactive ketones (excluding diaryl/α,β-unsaturated/α-hetero) is 1. The molecule has 0 spiro atoms. The van der Waals surface area contributed by atoms with Crippen LogP contribution >= 0.6 is 11.3 Å². The highest BCUT2D eigenvalue weighted by Crippen LogP contribution is 2.20. The van der Waals surface area contributed by atoms with Crippen molar-refractivity contribution in [3.05, 3.63) is 28.2 Å². The van der Waals surface area contributed by atoms with Crippen LogP contribution in [0.1, 0.15) is 24.1 Å². The van der Waals surface area contributed by atoms with E-state index in [0.717, 1.165) is 29.7 Å². The molecule has 0 saturated heterocycles. The van der Waals surface area contributed by atoms with Crippen molar-refractivity contribution in [3.63, 3.8) is 0 Å². The van der Waals surface area contributed by atoms with Gasteiger partial charge in [-0.1, -0.05) is 6.08 Å². The van der Waals surface area contributed by atoms with Crippen LogP contribution in [0.3, 0.4) is 0 Å². The van der Waals surface area contributed by atoms with E-state index < -0.39 is 0 Å². The molecule has 1 aliphatic carbocycles. The molecule has 2 rings (SSSR count). The number of thiazole rings is 1. The van der Waals surface area contributed by atoms with E-state index in [0.29, 0.717) is 6.42 Å². The number of carbonyl (C=O) groups is 1. The lowest BCUT2D eigenvalue weighted by molar-refractivity contribution is -0.115. The monoisotopic (exact) mass is 193 g/mol. The van der Waals surface area contributed by atoms with Gasteiger partial charge in [-0.15, -0.1) is 11.3 Å². The van der Waals surface area contributed by atoms with Crippen molar-refractivity contribution in [1.29, 1.82) is 0 Å². The third kappa shape index (κ3) is 2.04. The Morgan fingerprint density at radius 2 is 2.54 bits per heavy atom. The molecule has 0 aromatic carbocycles. The molecule has 3 heteroatoms. The smallest absolute Gasteiger partial charge is 0.163 e. The van der Waals surface area contributed by atoms with Gasteiger partial charge in [0.25, 0.3) is 0 Å². The van der Waals surface area contributed by atoms with Gasteiger partial charge in [0.15, 0.2) is 5.78 Å². The number of aromatic nitrogens is 1. The summed E-state index contributed by atoms with van der Waals surface area (Å²) in [5.74, 6) is 0.279. The third-order valence-corrected chi connectivity index (χ3v) is 3.00. The summed E-state index contributed by atoms with van der Waals surface area (Å²) in [5, 5.41) is 0. The predicted molar refractivity (Wildman–Crippen MR) is 52.8 cm³/mol. The summed E-state index contributed by atoms with van der Waals surface area (Å²) >= 11 is 1.55. The Hall–Kier alpha value is -0.960. The summed E-state index contributed by atoms with van der Waals surface area (Å²) in [6.45, 7) is 0. The van der Waals surface area contributed by atoms with Crippen molar-refractivity contribution in [1.82, 2.24) is 4.98 Å². The number of allylic oxidation sites excluding steroid dienone is 2. The number of nitrogens with zero attached hydrogens (tertiary/aromatic N) is 1. The second kappa shape index (κ2) is 3.83. The van der Waals surface area contributed by atoms with Crippen molar-refractivity contribution in [2.75, 3.05) is 0 Å². The Bertz CT molecular complexity index is 327. The van der Waals surface area contributed by atoms with E-state index in [4.69, 9.17) is 0 Å². The largest absolute Gasteiger partial charge is 0.294 e. The van der Waals surface area contributed by atoms with Crippen LogP contribution in [0, 0.1) is 0 Å². The number of carbonyl (C=O) groups excluding carboxylic acids is 1. The van der Waals surface area contributed by atoms with E-state index in [9.17, 15) is 4.79 Å². The molecule has 13 heavy (non-hydrogen) atoms. The van der Waals surface area contributed by atoms with Crippen LogP contribution in [0.2, 0.25) is 0 Å². The Morgan fingerprint density at radius 1 is 1.62 bits per heavy atom. The minimum atomic E-state index is 0.279. The molecular weight excluding hydrogens is 182 g/mol. The fourth-order valence-corrected chi connectivity index (χ4v) is 2.12. The maximum absolute atomic E-state index is 11.6. The van der Waals surface area contributed by atoms with Crippen molar-refractivity contribution in [2.45, 2.75) is 25.7 Å². The van der Waals surface area contributed by atoms with Gasteiger partial charge in [-0.2, -0.15) is 0 Å². The Labute approximate surface area is 81.3 Å². The molecule has 0 bridgehead atoms. The van der Waals surface area contributed by atoms with E-state index in [-0.39, 0.29) is 5.78 Å². The van der Waals surface area contributed by atoms with Crippen molar-refractivity contribution in [2.24, 2.45) is 0 Å². The first kappa shape index (κ1) is 8.63. The van der Waals surface area contributed by atoms with Crippen LogP contribution in [-0.2, 0) is 11.2 Å². The second-order valence-electron chi connectivity index (χ2n) is 3.19. The molecule has 0 saturated carbocycles. The van der Waals surface area contributed by atoms with Gasteiger partial charge in [0, 0.05) is 17.5 Å². The SMILES string of the molecule is O=C(Cc1cncs1)C1=CCCC1. The van der Waals surface area contributed by atoms with Crippen LogP contribution in [0.15, 0.2) is 23.4 Å². The van der Waals surface area contributed by atoms with Crippen molar-refractivity contribution >= 4 is 17.1 Å². The summed E-state index contributed by atoms with van der Waals surface area (Å²) in [7, 11) is 0. The molecule has 1 heterocycles. The molecular formula is C10H11NOS. The molecule has 0 unspecified atom stereocenters. The lowest BCUT2D eigenvalue weighted by Crippen LogP contribution is -2.03. The summed E-state index contributed by atoms with van der Waals surface area (Å²) in [6, 6.07) is 0. The molecule has 0 N–H and O–H groups in total. The molecule has 0 aliphatic heterocycles. The van der Waals surface area contributed by atoms with Gasteiger partial charge in [-0.05, 0) is 24.8 Å². The Balaban J connectivity index is 1.99. The molecule has 0 amide bonds. The molecule has 1 aromatic heterocycles. The first-order chi connectivity index (χ1) is 6.36.